The fourth-order valence-electron chi connectivity index (χ4n) is 1.43. The lowest BCUT2D eigenvalue weighted by molar-refractivity contribution is 0.132. The molecule has 0 aliphatic heterocycles. The van der Waals surface area contributed by atoms with Crippen molar-refractivity contribution in [2.45, 2.75) is 33.2 Å². The van der Waals surface area contributed by atoms with Crippen LogP contribution in [0.15, 0.2) is 24.4 Å². The molecule has 1 rings (SSSR count). The zero-order valence-electron chi connectivity index (χ0n) is 10.4. The fraction of sp³-hybridized carbons (Fsp3) is 0.615. The molecule has 1 aromatic heterocycles. The predicted octanol–water partition coefficient (Wildman–Crippen LogP) is 2.14. The molecule has 0 aliphatic rings. The van der Waals surface area contributed by atoms with Gasteiger partial charge in [-0.1, -0.05) is 19.9 Å². The summed E-state index contributed by atoms with van der Waals surface area (Å²) in [6.07, 6.45) is 2.77. The van der Waals surface area contributed by atoms with Crippen LogP contribution in [0.25, 0.3) is 0 Å². The van der Waals surface area contributed by atoms with Gasteiger partial charge in [-0.25, -0.2) is 0 Å². The second-order valence-electron chi connectivity index (χ2n) is 4.68. The van der Waals surface area contributed by atoms with Crippen molar-refractivity contribution < 1.29 is 5.11 Å². The maximum Gasteiger partial charge on any atom is 0.0570 e. The highest BCUT2D eigenvalue weighted by Crippen LogP contribution is 2.20. The number of hydrogen-bond donors (Lipinski definition) is 2. The number of aliphatic hydroxyl groups excluding tert-OH is 1. The summed E-state index contributed by atoms with van der Waals surface area (Å²) >= 11 is 0. The summed E-state index contributed by atoms with van der Waals surface area (Å²) in [4.78, 5) is 4.31. The van der Waals surface area contributed by atoms with E-state index >= 15 is 0 Å². The van der Waals surface area contributed by atoms with Crippen LogP contribution in [0.5, 0.6) is 0 Å². The number of nitrogens with zero attached hydrogens (tertiary/aromatic N) is 1. The molecule has 2 atom stereocenters. The van der Waals surface area contributed by atoms with Gasteiger partial charge >= 0.3 is 0 Å². The summed E-state index contributed by atoms with van der Waals surface area (Å²) < 4.78 is 0. The van der Waals surface area contributed by atoms with Crippen molar-refractivity contribution in [2.75, 3.05) is 13.2 Å². The Kier molecular flexibility index (Phi) is 4.90. The summed E-state index contributed by atoms with van der Waals surface area (Å²) in [5.74, 6) is 0. The largest absolute Gasteiger partial charge is 0.396 e. The lowest BCUT2D eigenvalue weighted by Gasteiger charge is -2.27. The second kappa shape index (κ2) is 5.97. The van der Waals surface area contributed by atoms with Crippen LogP contribution in [0, 0.1) is 5.41 Å². The number of aliphatic hydroxyl groups is 1. The SMILES string of the molecule is CCC(C)(CO)CN[C@@H](C)c1ccccn1. The van der Waals surface area contributed by atoms with Gasteiger partial charge in [0.1, 0.15) is 0 Å². The summed E-state index contributed by atoms with van der Waals surface area (Å²) in [7, 11) is 0. The Hall–Kier alpha value is -0.930. The van der Waals surface area contributed by atoms with Crippen LogP contribution < -0.4 is 5.32 Å². The van der Waals surface area contributed by atoms with Gasteiger partial charge in [0.05, 0.1) is 5.69 Å². The summed E-state index contributed by atoms with van der Waals surface area (Å²) in [5.41, 5.74) is 1.00. The molecular weight excluding hydrogens is 200 g/mol. The van der Waals surface area contributed by atoms with Crippen molar-refractivity contribution in [2.24, 2.45) is 5.41 Å². The molecule has 3 nitrogen and oxygen atoms in total. The monoisotopic (exact) mass is 222 g/mol. The Bertz CT molecular complexity index is 296. The van der Waals surface area contributed by atoms with Crippen LogP contribution in [0.4, 0.5) is 0 Å². The van der Waals surface area contributed by atoms with E-state index in [0.29, 0.717) is 0 Å². The van der Waals surface area contributed by atoms with Crippen LogP contribution in [0.3, 0.4) is 0 Å². The van der Waals surface area contributed by atoms with E-state index in [-0.39, 0.29) is 18.1 Å². The Morgan fingerprint density at radius 1 is 1.50 bits per heavy atom. The van der Waals surface area contributed by atoms with Gasteiger partial charge in [0.25, 0.3) is 0 Å². The first-order valence-corrected chi connectivity index (χ1v) is 5.86. The zero-order chi connectivity index (χ0) is 12.0. The topological polar surface area (TPSA) is 45.1 Å². The minimum Gasteiger partial charge on any atom is -0.396 e. The van der Waals surface area contributed by atoms with Crippen LogP contribution in [-0.2, 0) is 0 Å². The summed E-state index contributed by atoms with van der Waals surface area (Å²) in [6.45, 7) is 7.30. The van der Waals surface area contributed by atoms with Crippen molar-refractivity contribution in [3.8, 4) is 0 Å². The molecular formula is C13H22N2O. The summed E-state index contributed by atoms with van der Waals surface area (Å²) in [6, 6.07) is 6.14. The van der Waals surface area contributed by atoms with Crippen LogP contribution in [0.2, 0.25) is 0 Å². The highest BCUT2D eigenvalue weighted by Gasteiger charge is 2.21. The highest BCUT2D eigenvalue weighted by atomic mass is 16.3. The number of pyridine rings is 1. The quantitative estimate of drug-likeness (QED) is 0.775. The van der Waals surface area contributed by atoms with E-state index in [9.17, 15) is 5.11 Å². The third-order valence-corrected chi connectivity index (χ3v) is 3.20. The smallest absolute Gasteiger partial charge is 0.0570 e. The fourth-order valence-corrected chi connectivity index (χ4v) is 1.43. The molecule has 1 heterocycles. The molecule has 0 spiro atoms. The molecule has 0 fully saturated rings. The molecule has 16 heavy (non-hydrogen) atoms. The molecule has 0 aromatic carbocycles. The first kappa shape index (κ1) is 13.1. The second-order valence-corrected chi connectivity index (χ2v) is 4.68. The highest BCUT2D eigenvalue weighted by molar-refractivity contribution is 5.07. The molecule has 0 saturated carbocycles. The lowest BCUT2D eigenvalue weighted by atomic mass is 9.88. The number of hydrogen-bond acceptors (Lipinski definition) is 3. The normalized spacial score (nSPS) is 16.8. The van der Waals surface area contributed by atoms with Crippen molar-refractivity contribution in [3.63, 3.8) is 0 Å². The molecule has 1 unspecified atom stereocenters. The Morgan fingerprint density at radius 3 is 2.75 bits per heavy atom. The average molecular weight is 222 g/mol. The number of aromatic nitrogens is 1. The van der Waals surface area contributed by atoms with Crippen molar-refractivity contribution >= 4 is 0 Å². The minimum absolute atomic E-state index is 0.0387. The van der Waals surface area contributed by atoms with E-state index in [2.05, 4.69) is 31.1 Å². The third-order valence-electron chi connectivity index (χ3n) is 3.20. The first-order valence-electron chi connectivity index (χ1n) is 5.86. The van der Waals surface area contributed by atoms with Crippen LogP contribution >= 0.6 is 0 Å². The zero-order valence-corrected chi connectivity index (χ0v) is 10.4. The van der Waals surface area contributed by atoms with E-state index < -0.39 is 0 Å². The molecule has 2 N–H and O–H groups in total. The van der Waals surface area contributed by atoms with E-state index in [1.165, 1.54) is 0 Å². The first-order chi connectivity index (χ1) is 7.61. The summed E-state index contributed by atoms with van der Waals surface area (Å²) in [5, 5.41) is 12.7. The third kappa shape index (κ3) is 3.58. The molecule has 0 amide bonds. The number of rotatable bonds is 6. The van der Waals surface area contributed by atoms with E-state index in [1.54, 1.807) is 6.20 Å². The van der Waals surface area contributed by atoms with E-state index in [0.717, 1.165) is 18.7 Å². The van der Waals surface area contributed by atoms with Gasteiger partial charge in [0.2, 0.25) is 0 Å². The van der Waals surface area contributed by atoms with Gasteiger partial charge < -0.3 is 10.4 Å². The predicted molar refractivity (Wildman–Crippen MR) is 66.1 cm³/mol. The molecule has 90 valence electrons. The minimum atomic E-state index is -0.0387. The Labute approximate surface area is 97.9 Å². The maximum atomic E-state index is 9.31. The van der Waals surface area contributed by atoms with Gasteiger partial charge in [-0.15, -0.1) is 0 Å². The standard InChI is InChI=1S/C13H22N2O/c1-4-13(3,10-16)9-15-11(2)12-7-5-6-8-14-12/h5-8,11,15-16H,4,9-10H2,1-3H3/t11-,13?/m0/s1. The molecule has 1 aromatic rings. The van der Waals surface area contributed by atoms with Crippen LogP contribution in [0.1, 0.15) is 38.9 Å². The average Bonchev–Trinajstić information content (AvgIpc) is 2.36. The lowest BCUT2D eigenvalue weighted by Crippen LogP contribution is -2.35. The molecule has 3 heteroatoms. The Morgan fingerprint density at radius 2 is 2.25 bits per heavy atom. The molecule has 0 aliphatic carbocycles. The van der Waals surface area contributed by atoms with Crippen LogP contribution in [-0.4, -0.2) is 23.2 Å². The van der Waals surface area contributed by atoms with E-state index in [1.807, 2.05) is 18.2 Å². The van der Waals surface area contributed by atoms with Gasteiger partial charge in [-0.3, -0.25) is 4.98 Å². The van der Waals surface area contributed by atoms with Gasteiger partial charge in [0, 0.05) is 30.8 Å². The van der Waals surface area contributed by atoms with Gasteiger partial charge in [0.15, 0.2) is 0 Å². The Balaban J connectivity index is 2.50. The van der Waals surface area contributed by atoms with Gasteiger partial charge in [-0.05, 0) is 25.5 Å². The molecule has 0 saturated heterocycles. The number of nitrogens with one attached hydrogen (secondary N) is 1. The molecule has 0 radical (unpaired) electrons. The van der Waals surface area contributed by atoms with Crippen molar-refractivity contribution in [1.82, 2.24) is 10.3 Å². The van der Waals surface area contributed by atoms with Crippen molar-refractivity contribution in [3.05, 3.63) is 30.1 Å². The van der Waals surface area contributed by atoms with Crippen molar-refractivity contribution in [1.29, 1.82) is 0 Å². The van der Waals surface area contributed by atoms with Gasteiger partial charge in [-0.2, -0.15) is 0 Å². The molecule has 0 bridgehead atoms. The maximum absolute atomic E-state index is 9.31. The van der Waals surface area contributed by atoms with E-state index in [4.69, 9.17) is 0 Å².